The summed E-state index contributed by atoms with van der Waals surface area (Å²) in [6, 6.07) is 6.25. The summed E-state index contributed by atoms with van der Waals surface area (Å²) in [5, 5.41) is 0.516. The molecule has 106 valence electrons. The van der Waals surface area contributed by atoms with Gasteiger partial charge in [0.2, 0.25) is 0 Å². The molecule has 0 aromatic heterocycles. The van der Waals surface area contributed by atoms with Gasteiger partial charge in [0, 0.05) is 24.3 Å². The second-order valence-corrected chi connectivity index (χ2v) is 5.98. The number of hydrogen-bond acceptors (Lipinski definition) is 4. The van der Waals surface area contributed by atoms with Gasteiger partial charge in [-0.05, 0) is 24.3 Å². The van der Waals surface area contributed by atoms with E-state index >= 15 is 0 Å². The summed E-state index contributed by atoms with van der Waals surface area (Å²) in [7, 11) is -1.07. The van der Waals surface area contributed by atoms with Crippen LogP contribution in [0.4, 0.5) is 5.69 Å². The Bertz CT molecular complexity index is 530. The van der Waals surface area contributed by atoms with Gasteiger partial charge >= 0.3 is 16.2 Å². The Hall–Kier alpha value is -1.31. The van der Waals surface area contributed by atoms with Gasteiger partial charge in [0.05, 0.1) is 13.5 Å². The van der Waals surface area contributed by atoms with Gasteiger partial charge in [-0.1, -0.05) is 11.6 Å². The maximum absolute atomic E-state index is 11.9. The van der Waals surface area contributed by atoms with Crippen molar-refractivity contribution >= 4 is 33.5 Å². The Kier molecular flexibility index (Phi) is 5.59. The number of halogens is 1. The van der Waals surface area contributed by atoms with Crippen LogP contribution in [-0.4, -0.2) is 39.4 Å². The average molecular weight is 307 g/mol. The average Bonchev–Trinajstić information content (AvgIpc) is 2.37. The largest absolute Gasteiger partial charge is 0.469 e. The molecule has 0 spiro atoms. The molecule has 19 heavy (non-hydrogen) atoms. The summed E-state index contributed by atoms with van der Waals surface area (Å²) < 4.78 is 31.7. The van der Waals surface area contributed by atoms with E-state index in [1.165, 1.54) is 14.2 Å². The van der Waals surface area contributed by atoms with Crippen molar-refractivity contribution in [2.45, 2.75) is 6.42 Å². The maximum atomic E-state index is 11.9. The first-order valence-electron chi connectivity index (χ1n) is 5.41. The standard InChI is InChI=1S/C11H15ClN2O4S/c1-14(8-7-11(15)18-2)19(16,17)13-10-5-3-9(12)4-6-10/h3-6,13H,7-8H2,1-2H3. The van der Waals surface area contributed by atoms with Crippen molar-refractivity contribution in [3.63, 3.8) is 0 Å². The van der Waals surface area contributed by atoms with Crippen LogP contribution in [-0.2, 0) is 19.7 Å². The van der Waals surface area contributed by atoms with E-state index in [2.05, 4.69) is 9.46 Å². The predicted molar refractivity (Wildman–Crippen MR) is 73.3 cm³/mol. The molecule has 0 saturated heterocycles. The highest BCUT2D eigenvalue weighted by molar-refractivity contribution is 7.90. The lowest BCUT2D eigenvalue weighted by Gasteiger charge is -2.17. The minimum atomic E-state index is -3.70. The molecular weight excluding hydrogens is 292 g/mol. The Labute approximate surface area is 117 Å². The highest BCUT2D eigenvalue weighted by atomic mass is 35.5. The third kappa shape index (κ3) is 5.06. The summed E-state index contributed by atoms with van der Waals surface area (Å²) >= 11 is 5.71. The fourth-order valence-electron chi connectivity index (χ4n) is 1.22. The van der Waals surface area contributed by atoms with Crippen LogP contribution in [0.15, 0.2) is 24.3 Å². The van der Waals surface area contributed by atoms with E-state index in [9.17, 15) is 13.2 Å². The minimum Gasteiger partial charge on any atom is -0.469 e. The van der Waals surface area contributed by atoms with E-state index in [0.29, 0.717) is 10.7 Å². The second kappa shape index (κ2) is 6.74. The first-order chi connectivity index (χ1) is 8.85. The molecule has 0 radical (unpaired) electrons. The molecule has 1 N–H and O–H groups in total. The van der Waals surface area contributed by atoms with Gasteiger partial charge in [-0.3, -0.25) is 9.52 Å². The zero-order chi connectivity index (χ0) is 14.5. The Balaban J connectivity index is 2.64. The summed E-state index contributed by atoms with van der Waals surface area (Å²) in [6.07, 6.45) is -0.00543. The van der Waals surface area contributed by atoms with Crippen LogP contribution in [0.25, 0.3) is 0 Å². The molecule has 0 unspecified atom stereocenters. The van der Waals surface area contributed by atoms with Crippen LogP contribution in [0, 0.1) is 0 Å². The van der Waals surface area contributed by atoms with Gasteiger partial charge in [-0.2, -0.15) is 12.7 Å². The van der Waals surface area contributed by atoms with E-state index in [1.807, 2.05) is 0 Å². The lowest BCUT2D eigenvalue weighted by atomic mass is 10.3. The first-order valence-corrected chi connectivity index (χ1v) is 7.23. The van der Waals surface area contributed by atoms with E-state index in [1.54, 1.807) is 24.3 Å². The van der Waals surface area contributed by atoms with Crippen LogP contribution in [0.3, 0.4) is 0 Å². The molecule has 6 nitrogen and oxygen atoms in total. The number of ether oxygens (including phenoxy) is 1. The zero-order valence-electron chi connectivity index (χ0n) is 10.6. The van der Waals surface area contributed by atoms with Crippen molar-refractivity contribution in [1.82, 2.24) is 4.31 Å². The summed E-state index contributed by atoms with van der Waals surface area (Å²) in [5.74, 6) is -0.464. The molecule has 0 aliphatic rings. The number of carbonyl (C=O) groups excluding carboxylic acids is 1. The molecule has 0 heterocycles. The zero-order valence-corrected chi connectivity index (χ0v) is 12.2. The molecule has 0 bridgehead atoms. The topological polar surface area (TPSA) is 75.7 Å². The van der Waals surface area contributed by atoms with Crippen LogP contribution in [0.2, 0.25) is 5.02 Å². The van der Waals surface area contributed by atoms with Gasteiger partial charge < -0.3 is 4.74 Å². The maximum Gasteiger partial charge on any atom is 0.306 e. The van der Waals surface area contributed by atoms with Gasteiger partial charge in [-0.25, -0.2) is 0 Å². The van der Waals surface area contributed by atoms with Crippen molar-refractivity contribution in [2.24, 2.45) is 0 Å². The second-order valence-electron chi connectivity index (χ2n) is 3.76. The number of esters is 1. The molecule has 0 aliphatic carbocycles. The van der Waals surface area contributed by atoms with E-state index in [4.69, 9.17) is 11.6 Å². The fourth-order valence-corrected chi connectivity index (χ4v) is 2.26. The Morgan fingerprint density at radius 2 is 1.95 bits per heavy atom. The molecule has 0 atom stereocenters. The highest BCUT2D eigenvalue weighted by Crippen LogP contribution is 2.15. The number of nitrogens with zero attached hydrogens (tertiary/aromatic N) is 1. The van der Waals surface area contributed by atoms with E-state index in [-0.39, 0.29) is 13.0 Å². The van der Waals surface area contributed by atoms with Crippen molar-refractivity contribution in [3.05, 3.63) is 29.3 Å². The Morgan fingerprint density at radius 3 is 2.47 bits per heavy atom. The summed E-state index contributed by atoms with van der Waals surface area (Å²) in [6.45, 7) is 0.0373. The van der Waals surface area contributed by atoms with Crippen LogP contribution < -0.4 is 4.72 Å². The number of rotatable bonds is 6. The first kappa shape index (κ1) is 15.7. The molecule has 1 rings (SSSR count). The van der Waals surface area contributed by atoms with Gasteiger partial charge in [0.15, 0.2) is 0 Å². The van der Waals surface area contributed by atoms with Crippen molar-refractivity contribution < 1.29 is 17.9 Å². The van der Waals surface area contributed by atoms with Gasteiger partial charge in [0.25, 0.3) is 0 Å². The number of carbonyl (C=O) groups is 1. The van der Waals surface area contributed by atoms with Crippen molar-refractivity contribution in [2.75, 3.05) is 25.4 Å². The smallest absolute Gasteiger partial charge is 0.306 e. The number of benzene rings is 1. The fraction of sp³-hybridized carbons (Fsp3) is 0.364. The third-order valence-corrected chi connectivity index (χ3v) is 4.11. The molecule has 1 aromatic rings. The molecule has 1 aromatic carbocycles. The Morgan fingerprint density at radius 1 is 1.37 bits per heavy atom. The van der Waals surface area contributed by atoms with Gasteiger partial charge in [0.1, 0.15) is 0 Å². The number of anilines is 1. The quantitative estimate of drug-likeness (QED) is 0.808. The number of nitrogens with one attached hydrogen (secondary N) is 1. The van der Waals surface area contributed by atoms with Gasteiger partial charge in [-0.15, -0.1) is 0 Å². The van der Waals surface area contributed by atoms with E-state index in [0.717, 1.165) is 4.31 Å². The molecule has 0 amide bonds. The van der Waals surface area contributed by atoms with Crippen LogP contribution >= 0.6 is 11.6 Å². The number of hydrogen-bond donors (Lipinski definition) is 1. The predicted octanol–water partition coefficient (Wildman–Crippen LogP) is 1.49. The van der Waals surface area contributed by atoms with Crippen molar-refractivity contribution in [1.29, 1.82) is 0 Å². The lowest BCUT2D eigenvalue weighted by molar-refractivity contribution is -0.140. The molecule has 0 fully saturated rings. The normalized spacial score (nSPS) is 11.4. The van der Waals surface area contributed by atoms with E-state index < -0.39 is 16.2 Å². The third-order valence-electron chi connectivity index (χ3n) is 2.36. The van der Waals surface area contributed by atoms with Crippen molar-refractivity contribution in [3.8, 4) is 0 Å². The van der Waals surface area contributed by atoms with Crippen LogP contribution in [0.1, 0.15) is 6.42 Å². The molecule has 8 heteroatoms. The monoisotopic (exact) mass is 306 g/mol. The molecule has 0 saturated carbocycles. The lowest BCUT2D eigenvalue weighted by Crippen LogP contribution is -2.34. The molecule has 0 aliphatic heterocycles. The summed E-state index contributed by atoms with van der Waals surface area (Å²) in [5.41, 5.74) is 0.398. The summed E-state index contributed by atoms with van der Waals surface area (Å²) in [4.78, 5) is 11.0. The van der Waals surface area contributed by atoms with Crippen LogP contribution in [0.5, 0.6) is 0 Å². The highest BCUT2D eigenvalue weighted by Gasteiger charge is 2.18. The SMILES string of the molecule is COC(=O)CCN(C)S(=O)(=O)Nc1ccc(Cl)cc1. The number of methoxy groups -OCH3 is 1. The molecular formula is C11H15ClN2O4S. The minimum absolute atomic E-state index is 0.00543.